The Morgan fingerprint density at radius 3 is 2.68 bits per heavy atom. The molecule has 2 aliphatic heterocycles. The monoisotopic (exact) mass is 272 g/mol. The lowest BCUT2D eigenvalue weighted by Gasteiger charge is -2.44. The zero-order valence-electron chi connectivity index (χ0n) is 12.3. The van der Waals surface area contributed by atoms with Crippen LogP contribution in [0.3, 0.4) is 0 Å². The van der Waals surface area contributed by atoms with Crippen LogP contribution in [0, 0.1) is 5.92 Å². The van der Waals surface area contributed by atoms with Crippen LogP contribution in [0.25, 0.3) is 0 Å². The predicted octanol–water partition coefficient (Wildman–Crippen LogP) is 2.14. The number of ether oxygens (including phenoxy) is 3. The van der Waals surface area contributed by atoms with Gasteiger partial charge in [0.2, 0.25) is 0 Å². The van der Waals surface area contributed by atoms with Gasteiger partial charge in [-0.3, -0.25) is 0 Å². The fraction of sp³-hybridized carbons (Fsp3) is 1.00. The Bertz CT molecular complexity index is 257. The molecule has 19 heavy (non-hydrogen) atoms. The van der Waals surface area contributed by atoms with Crippen molar-refractivity contribution in [2.24, 2.45) is 5.92 Å². The van der Waals surface area contributed by atoms with Crippen LogP contribution < -0.4 is 0 Å². The molecule has 0 saturated carbocycles. The van der Waals surface area contributed by atoms with Crippen LogP contribution in [0.1, 0.15) is 45.4 Å². The van der Waals surface area contributed by atoms with Gasteiger partial charge in [0.15, 0.2) is 0 Å². The molecule has 0 aromatic carbocycles. The van der Waals surface area contributed by atoms with Gasteiger partial charge in [-0.1, -0.05) is 0 Å². The van der Waals surface area contributed by atoms with Gasteiger partial charge in [-0.25, -0.2) is 0 Å². The number of rotatable bonds is 5. The average molecular weight is 272 g/mol. The molecule has 4 nitrogen and oxygen atoms in total. The van der Waals surface area contributed by atoms with Crippen molar-refractivity contribution in [1.82, 2.24) is 0 Å². The normalized spacial score (nSPS) is 30.2. The summed E-state index contributed by atoms with van der Waals surface area (Å²) in [7, 11) is 1.72. The highest BCUT2D eigenvalue weighted by atomic mass is 16.5. The first-order valence-corrected chi connectivity index (χ1v) is 7.58. The zero-order chi connectivity index (χ0) is 13.7. The first-order valence-electron chi connectivity index (χ1n) is 7.58. The first-order chi connectivity index (χ1) is 9.15. The average Bonchev–Trinajstić information content (AvgIpc) is 2.45. The molecule has 1 N–H and O–H groups in total. The molecule has 112 valence electrons. The molecule has 4 heteroatoms. The predicted molar refractivity (Wildman–Crippen MR) is 73.2 cm³/mol. The first kappa shape index (κ1) is 15.2. The van der Waals surface area contributed by atoms with Crippen LogP contribution in [0.2, 0.25) is 0 Å². The number of hydrogen-bond donors (Lipinski definition) is 1. The van der Waals surface area contributed by atoms with E-state index in [1.807, 2.05) is 0 Å². The van der Waals surface area contributed by atoms with Crippen molar-refractivity contribution in [3.8, 4) is 0 Å². The molecule has 3 atom stereocenters. The quantitative estimate of drug-likeness (QED) is 0.833. The van der Waals surface area contributed by atoms with Crippen molar-refractivity contribution < 1.29 is 19.3 Å². The molecule has 2 aliphatic rings. The minimum absolute atomic E-state index is 0.0188. The summed E-state index contributed by atoms with van der Waals surface area (Å²) in [5.74, 6) is 0.371. The molecule has 0 bridgehead atoms. The van der Waals surface area contributed by atoms with Crippen LogP contribution in [0.4, 0.5) is 0 Å². The van der Waals surface area contributed by atoms with Gasteiger partial charge >= 0.3 is 0 Å². The van der Waals surface area contributed by atoms with Crippen molar-refractivity contribution in [2.75, 3.05) is 26.9 Å². The largest absolute Gasteiger partial charge is 0.393 e. The molecule has 1 spiro atoms. The molecular weight excluding hydrogens is 244 g/mol. The van der Waals surface area contributed by atoms with Crippen molar-refractivity contribution >= 4 is 0 Å². The Morgan fingerprint density at radius 1 is 1.26 bits per heavy atom. The lowest BCUT2D eigenvalue weighted by molar-refractivity contribution is -0.159. The van der Waals surface area contributed by atoms with E-state index in [4.69, 9.17) is 14.2 Å². The van der Waals surface area contributed by atoms with E-state index in [0.717, 1.165) is 58.3 Å². The molecule has 0 aromatic rings. The number of aliphatic hydroxyl groups excluding tert-OH is 1. The maximum absolute atomic E-state index is 10.4. The van der Waals surface area contributed by atoms with E-state index in [-0.39, 0.29) is 17.8 Å². The molecule has 0 aromatic heterocycles. The van der Waals surface area contributed by atoms with Gasteiger partial charge in [0.25, 0.3) is 0 Å². The fourth-order valence-corrected chi connectivity index (χ4v) is 3.24. The smallest absolute Gasteiger partial charge is 0.0730 e. The summed E-state index contributed by atoms with van der Waals surface area (Å²) in [5.41, 5.74) is -0.0188. The van der Waals surface area contributed by atoms with Gasteiger partial charge < -0.3 is 19.3 Å². The summed E-state index contributed by atoms with van der Waals surface area (Å²) >= 11 is 0. The molecule has 0 amide bonds. The Kier molecular flexibility index (Phi) is 5.63. The highest BCUT2D eigenvalue weighted by Crippen LogP contribution is 2.38. The van der Waals surface area contributed by atoms with E-state index in [2.05, 4.69) is 6.92 Å². The minimum atomic E-state index is -0.221. The van der Waals surface area contributed by atoms with Gasteiger partial charge in [-0.15, -0.1) is 0 Å². The third kappa shape index (κ3) is 4.15. The molecule has 3 unspecified atom stereocenters. The van der Waals surface area contributed by atoms with Crippen molar-refractivity contribution in [3.63, 3.8) is 0 Å². The third-order valence-electron chi connectivity index (χ3n) is 4.75. The van der Waals surface area contributed by atoms with Crippen LogP contribution in [0.15, 0.2) is 0 Å². The van der Waals surface area contributed by atoms with E-state index in [9.17, 15) is 5.11 Å². The Morgan fingerprint density at radius 2 is 2.00 bits per heavy atom. The molecule has 2 heterocycles. The summed E-state index contributed by atoms with van der Waals surface area (Å²) in [6, 6.07) is 0. The Hall–Kier alpha value is -0.160. The summed E-state index contributed by atoms with van der Waals surface area (Å²) in [6.45, 7) is 4.42. The van der Waals surface area contributed by atoms with Gasteiger partial charge in [0.1, 0.15) is 0 Å². The molecule has 2 rings (SSSR count). The maximum atomic E-state index is 10.4. The molecule has 0 aliphatic carbocycles. The zero-order valence-corrected chi connectivity index (χ0v) is 12.3. The fourth-order valence-electron chi connectivity index (χ4n) is 3.24. The van der Waals surface area contributed by atoms with Crippen LogP contribution >= 0.6 is 0 Å². The highest BCUT2D eigenvalue weighted by molar-refractivity contribution is 4.91. The SMILES string of the molecule is COC(C)CCC(O)C1CCOC2(CCOCC2)C1. The number of aliphatic hydroxyl groups is 1. The molecule has 2 saturated heterocycles. The van der Waals surface area contributed by atoms with Gasteiger partial charge in [-0.2, -0.15) is 0 Å². The van der Waals surface area contributed by atoms with E-state index in [1.54, 1.807) is 7.11 Å². The number of hydrogen-bond acceptors (Lipinski definition) is 4. The molecular formula is C15H28O4. The summed E-state index contributed by atoms with van der Waals surface area (Å²) in [4.78, 5) is 0. The summed E-state index contributed by atoms with van der Waals surface area (Å²) in [6.07, 6.45) is 5.67. The molecule has 2 fully saturated rings. The highest BCUT2D eigenvalue weighted by Gasteiger charge is 2.40. The van der Waals surface area contributed by atoms with Crippen molar-refractivity contribution in [2.45, 2.75) is 63.3 Å². The molecule has 0 radical (unpaired) electrons. The standard InChI is InChI=1S/C15H28O4/c1-12(17-2)3-4-14(16)13-5-8-19-15(11-13)6-9-18-10-7-15/h12-14,16H,3-11H2,1-2H3. The number of methoxy groups -OCH3 is 1. The Labute approximate surface area is 116 Å². The van der Waals surface area contributed by atoms with Crippen LogP contribution in [-0.4, -0.2) is 49.8 Å². The van der Waals surface area contributed by atoms with E-state index < -0.39 is 0 Å². The van der Waals surface area contributed by atoms with Crippen molar-refractivity contribution in [3.05, 3.63) is 0 Å². The van der Waals surface area contributed by atoms with E-state index in [0.29, 0.717) is 5.92 Å². The second-order valence-electron chi connectivity index (χ2n) is 6.09. The second-order valence-corrected chi connectivity index (χ2v) is 6.09. The second kappa shape index (κ2) is 7.02. The summed E-state index contributed by atoms with van der Waals surface area (Å²) < 4.78 is 16.7. The lowest BCUT2D eigenvalue weighted by atomic mass is 9.77. The maximum Gasteiger partial charge on any atom is 0.0730 e. The minimum Gasteiger partial charge on any atom is -0.393 e. The van der Waals surface area contributed by atoms with Gasteiger partial charge in [-0.05, 0) is 51.4 Å². The Balaban J connectivity index is 1.82. The van der Waals surface area contributed by atoms with Crippen LogP contribution in [0.5, 0.6) is 0 Å². The van der Waals surface area contributed by atoms with Gasteiger partial charge in [0.05, 0.1) is 17.8 Å². The van der Waals surface area contributed by atoms with E-state index >= 15 is 0 Å². The van der Waals surface area contributed by atoms with Crippen molar-refractivity contribution in [1.29, 1.82) is 0 Å². The topological polar surface area (TPSA) is 47.9 Å². The van der Waals surface area contributed by atoms with Gasteiger partial charge in [0, 0.05) is 26.9 Å². The summed E-state index contributed by atoms with van der Waals surface area (Å²) in [5, 5.41) is 10.4. The van der Waals surface area contributed by atoms with E-state index in [1.165, 1.54) is 0 Å². The lowest BCUT2D eigenvalue weighted by Crippen LogP contribution is -2.46. The third-order valence-corrected chi connectivity index (χ3v) is 4.75. The van der Waals surface area contributed by atoms with Crippen LogP contribution in [-0.2, 0) is 14.2 Å².